The van der Waals surface area contributed by atoms with Crippen molar-refractivity contribution in [3.05, 3.63) is 71.0 Å². The number of Topliss-reactive ketones (excluding diaryl/α,β-unsaturated/α-hetero) is 2. The number of carbonyl (C=O) groups is 2. The molecule has 4 rings (SSSR count). The minimum Gasteiger partial charge on any atom is -0.314 e. The molecule has 1 aliphatic carbocycles. The third-order valence-electron chi connectivity index (χ3n) is 4.93. The minimum absolute atomic E-state index is 0.0788. The molecule has 1 saturated heterocycles. The SMILES string of the molecule is O=C1c2cccc(F)c2C(=O)C1(c1ccccc1)N1CCNCC1. The molecule has 0 spiro atoms. The molecule has 2 aromatic rings. The summed E-state index contributed by atoms with van der Waals surface area (Å²) >= 11 is 0. The van der Waals surface area contributed by atoms with Crippen LogP contribution in [-0.2, 0) is 5.54 Å². The predicted octanol–water partition coefficient (Wildman–Crippen LogP) is 2.01. The van der Waals surface area contributed by atoms with Gasteiger partial charge in [0.15, 0.2) is 17.1 Å². The molecular weight excluding hydrogens is 307 g/mol. The molecule has 0 radical (unpaired) electrons. The van der Waals surface area contributed by atoms with Gasteiger partial charge in [-0.1, -0.05) is 42.5 Å². The first-order valence-corrected chi connectivity index (χ1v) is 8.07. The molecule has 1 unspecified atom stereocenters. The van der Waals surface area contributed by atoms with Crippen LogP contribution in [0.25, 0.3) is 0 Å². The van der Waals surface area contributed by atoms with Gasteiger partial charge in [-0.15, -0.1) is 0 Å². The molecular formula is C19H17FN2O2. The zero-order valence-corrected chi connectivity index (χ0v) is 13.1. The fourth-order valence-corrected chi connectivity index (χ4v) is 3.83. The van der Waals surface area contributed by atoms with Crippen molar-refractivity contribution in [3.8, 4) is 0 Å². The van der Waals surface area contributed by atoms with Gasteiger partial charge in [-0.05, 0) is 11.6 Å². The highest BCUT2D eigenvalue weighted by molar-refractivity contribution is 6.33. The summed E-state index contributed by atoms with van der Waals surface area (Å²) in [5.41, 5.74) is -0.738. The molecule has 2 aromatic carbocycles. The van der Waals surface area contributed by atoms with Crippen molar-refractivity contribution in [2.24, 2.45) is 0 Å². The van der Waals surface area contributed by atoms with Gasteiger partial charge in [0.25, 0.3) is 0 Å². The number of benzene rings is 2. The highest BCUT2D eigenvalue weighted by Gasteiger charge is 2.58. The molecule has 122 valence electrons. The van der Waals surface area contributed by atoms with E-state index in [1.165, 1.54) is 12.1 Å². The zero-order chi connectivity index (χ0) is 16.7. The Balaban J connectivity index is 1.97. The Bertz CT molecular complexity index is 815. The van der Waals surface area contributed by atoms with Crippen LogP contribution in [0.5, 0.6) is 0 Å². The van der Waals surface area contributed by atoms with Crippen LogP contribution >= 0.6 is 0 Å². The smallest absolute Gasteiger partial charge is 0.199 e. The number of nitrogens with zero attached hydrogens (tertiary/aromatic N) is 1. The second-order valence-corrected chi connectivity index (χ2v) is 6.13. The summed E-state index contributed by atoms with van der Waals surface area (Å²) in [4.78, 5) is 28.6. The number of fused-ring (bicyclic) bond motifs is 1. The number of piperazine rings is 1. The second kappa shape index (κ2) is 5.61. The Hall–Kier alpha value is -2.37. The number of nitrogens with one attached hydrogen (secondary N) is 1. The van der Waals surface area contributed by atoms with Gasteiger partial charge in [0.1, 0.15) is 5.82 Å². The average molecular weight is 324 g/mol. The van der Waals surface area contributed by atoms with Crippen molar-refractivity contribution in [3.63, 3.8) is 0 Å². The van der Waals surface area contributed by atoms with E-state index in [1.54, 1.807) is 30.3 Å². The van der Waals surface area contributed by atoms with Crippen LogP contribution in [0.1, 0.15) is 26.3 Å². The Kier molecular flexibility index (Phi) is 3.55. The fraction of sp³-hybridized carbons (Fsp3) is 0.263. The first-order chi connectivity index (χ1) is 11.7. The van der Waals surface area contributed by atoms with Crippen LogP contribution in [0.2, 0.25) is 0 Å². The van der Waals surface area contributed by atoms with Gasteiger partial charge in [-0.3, -0.25) is 14.5 Å². The molecule has 2 aliphatic rings. The van der Waals surface area contributed by atoms with Crippen molar-refractivity contribution < 1.29 is 14.0 Å². The van der Waals surface area contributed by atoms with Gasteiger partial charge >= 0.3 is 0 Å². The normalized spacial score (nSPS) is 24.2. The highest BCUT2D eigenvalue weighted by atomic mass is 19.1. The number of hydrogen-bond donors (Lipinski definition) is 1. The van der Waals surface area contributed by atoms with Gasteiger partial charge in [-0.25, -0.2) is 4.39 Å². The van der Waals surface area contributed by atoms with E-state index < -0.39 is 17.1 Å². The van der Waals surface area contributed by atoms with E-state index in [0.29, 0.717) is 31.7 Å². The molecule has 0 saturated carbocycles. The second-order valence-electron chi connectivity index (χ2n) is 6.13. The molecule has 1 fully saturated rings. The maximum absolute atomic E-state index is 14.3. The Morgan fingerprint density at radius 1 is 0.917 bits per heavy atom. The third-order valence-corrected chi connectivity index (χ3v) is 4.93. The molecule has 1 aliphatic heterocycles. The van der Waals surface area contributed by atoms with Crippen molar-refractivity contribution in [2.45, 2.75) is 5.54 Å². The Morgan fingerprint density at radius 2 is 1.62 bits per heavy atom. The molecule has 0 bridgehead atoms. The maximum Gasteiger partial charge on any atom is 0.199 e. The van der Waals surface area contributed by atoms with E-state index in [-0.39, 0.29) is 16.9 Å². The molecule has 1 atom stereocenters. The lowest BCUT2D eigenvalue weighted by atomic mass is 9.82. The lowest BCUT2D eigenvalue weighted by molar-refractivity contribution is 0.0442. The summed E-state index contributed by atoms with van der Waals surface area (Å²) in [7, 11) is 0. The molecule has 4 nitrogen and oxygen atoms in total. The number of carbonyl (C=O) groups excluding carboxylic acids is 2. The van der Waals surface area contributed by atoms with Crippen molar-refractivity contribution in [2.75, 3.05) is 26.2 Å². The van der Waals surface area contributed by atoms with Crippen LogP contribution in [0.3, 0.4) is 0 Å². The summed E-state index contributed by atoms with van der Waals surface area (Å²) in [5.74, 6) is -1.40. The average Bonchev–Trinajstić information content (AvgIpc) is 2.86. The maximum atomic E-state index is 14.3. The van der Waals surface area contributed by atoms with Crippen molar-refractivity contribution in [1.29, 1.82) is 0 Å². The highest BCUT2D eigenvalue weighted by Crippen LogP contribution is 2.43. The van der Waals surface area contributed by atoms with E-state index in [4.69, 9.17) is 0 Å². The topological polar surface area (TPSA) is 49.4 Å². The van der Waals surface area contributed by atoms with Crippen molar-refractivity contribution in [1.82, 2.24) is 10.2 Å². The van der Waals surface area contributed by atoms with Crippen LogP contribution < -0.4 is 5.32 Å². The summed E-state index contributed by atoms with van der Waals surface area (Å²) in [6, 6.07) is 13.3. The van der Waals surface area contributed by atoms with E-state index >= 15 is 0 Å². The predicted molar refractivity (Wildman–Crippen MR) is 87.6 cm³/mol. The molecule has 5 heteroatoms. The van der Waals surface area contributed by atoms with E-state index in [1.807, 2.05) is 11.0 Å². The quantitative estimate of drug-likeness (QED) is 0.859. The van der Waals surface area contributed by atoms with E-state index in [9.17, 15) is 14.0 Å². The van der Waals surface area contributed by atoms with Crippen molar-refractivity contribution >= 4 is 11.6 Å². The van der Waals surface area contributed by atoms with Gasteiger partial charge in [0, 0.05) is 31.7 Å². The molecule has 0 aromatic heterocycles. The van der Waals surface area contributed by atoms with Crippen LogP contribution in [0, 0.1) is 5.82 Å². The van der Waals surface area contributed by atoms with Crippen LogP contribution in [-0.4, -0.2) is 42.6 Å². The van der Waals surface area contributed by atoms with Gasteiger partial charge < -0.3 is 5.32 Å². The number of halogens is 1. The fourth-order valence-electron chi connectivity index (χ4n) is 3.83. The summed E-state index contributed by atoms with van der Waals surface area (Å²) in [6.45, 7) is 2.49. The number of ketones is 2. The summed E-state index contributed by atoms with van der Waals surface area (Å²) < 4.78 is 14.3. The van der Waals surface area contributed by atoms with Gasteiger partial charge in [0.2, 0.25) is 0 Å². The van der Waals surface area contributed by atoms with E-state index in [0.717, 1.165) is 0 Å². The molecule has 24 heavy (non-hydrogen) atoms. The first kappa shape index (κ1) is 15.2. The first-order valence-electron chi connectivity index (χ1n) is 8.07. The van der Waals surface area contributed by atoms with E-state index in [2.05, 4.69) is 5.32 Å². The summed E-state index contributed by atoms with van der Waals surface area (Å²) in [6.07, 6.45) is 0. The van der Waals surface area contributed by atoms with Gasteiger partial charge in [0.05, 0.1) is 5.56 Å². The monoisotopic (exact) mass is 324 g/mol. The minimum atomic E-state index is -1.45. The molecule has 1 N–H and O–H groups in total. The standard InChI is InChI=1S/C19H17FN2O2/c20-15-8-4-7-14-16(15)18(24)19(17(14)23,13-5-2-1-3-6-13)22-11-9-21-10-12-22/h1-8,21H,9-12H2. The Morgan fingerprint density at radius 3 is 2.29 bits per heavy atom. The van der Waals surface area contributed by atoms with Gasteiger partial charge in [-0.2, -0.15) is 0 Å². The number of rotatable bonds is 2. The zero-order valence-electron chi connectivity index (χ0n) is 13.1. The molecule has 1 heterocycles. The lowest BCUT2D eigenvalue weighted by Crippen LogP contribution is -2.59. The number of hydrogen-bond acceptors (Lipinski definition) is 4. The molecule has 0 amide bonds. The third kappa shape index (κ3) is 1.92. The van der Waals surface area contributed by atoms with Crippen LogP contribution in [0.15, 0.2) is 48.5 Å². The van der Waals surface area contributed by atoms with Crippen LogP contribution in [0.4, 0.5) is 4.39 Å². The Labute approximate surface area is 139 Å². The summed E-state index contributed by atoms with van der Waals surface area (Å²) in [5, 5.41) is 3.23. The largest absolute Gasteiger partial charge is 0.314 e. The lowest BCUT2D eigenvalue weighted by Gasteiger charge is -2.41.